The first-order valence-corrected chi connectivity index (χ1v) is 6.60. The maximum absolute atomic E-state index is 13.7. The van der Waals surface area contributed by atoms with Crippen LogP contribution in [0.5, 0.6) is 0 Å². The lowest BCUT2D eigenvalue weighted by molar-refractivity contribution is 0.349. The third kappa shape index (κ3) is 2.62. The molecule has 0 saturated heterocycles. The van der Waals surface area contributed by atoms with E-state index in [1.165, 1.54) is 6.07 Å². The maximum Gasteiger partial charge on any atom is 0.150 e. The molecule has 1 aromatic carbocycles. The molecule has 1 fully saturated rings. The molecule has 0 bridgehead atoms. The summed E-state index contributed by atoms with van der Waals surface area (Å²) in [4.78, 5) is 0. The molecule has 1 aliphatic rings. The van der Waals surface area contributed by atoms with Gasteiger partial charge in [-0.2, -0.15) is 0 Å². The number of anilines is 1. The smallest absolute Gasteiger partial charge is 0.150 e. The molecule has 0 radical (unpaired) electrons. The van der Waals surface area contributed by atoms with Crippen molar-refractivity contribution < 1.29 is 8.78 Å². The summed E-state index contributed by atoms with van der Waals surface area (Å²) in [6.45, 7) is 4.35. The van der Waals surface area contributed by atoms with Crippen molar-refractivity contribution in [2.75, 3.05) is 5.32 Å². The number of benzene rings is 1. The first kappa shape index (κ1) is 12.8. The Morgan fingerprint density at radius 3 is 2.59 bits per heavy atom. The number of rotatable bonds is 2. The van der Waals surface area contributed by atoms with Gasteiger partial charge in [-0.3, -0.25) is 0 Å². The molecular weight excluding hydrogens is 288 g/mol. The van der Waals surface area contributed by atoms with Crippen molar-refractivity contribution >= 4 is 21.6 Å². The minimum absolute atomic E-state index is 0.153. The average Bonchev–Trinajstić information content (AvgIpc) is 2.51. The van der Waals surface area contributed by atoms with Gasteiger partial charge in [0.25, 0.3) is 0 Å². The van der Waals surface area contributed by atoms with E-state index < -0.39 is 11.6 Å². The van der Waals surface area contributed by atoms with Gasteiger partial charge < -0.3 is 5.32 Å². The standard InChI is InChI=1S/C13H16BrF2N/c1-13(2)5-3-4-11(13)17-12-9(14)6-8(15)7-10(12)16/h6-7,11,17H,3-5H2,1-2H3. The molecule has 1 unspecified atom stereocenters. The lowest BCUT2D eigenvalue weighted by Crippen LogP contribution is -2.31. The van der Waals surface area contributed by atoms with Gasteiger partial charge in [0.15, 0.2) is 0 Å². The zero-order valence-electron chi connectivity index (χ0n) is 9.99. The first-order chi connectivity index (χ1) is 7.90. The molecule has 4 heteroatoms. The molecule has 0 spiro atoms. The van der Waals surface area contributed by atoms with Gasteiger partial charge in [-0.1, -0.05) is 20.3 Å². The Balaban J connectivity index is 2.25. The van der Waals surface area contributed by atoms with Crippen LogP contribution in [0.25, 0.3) is 0 Å². The van der Waals surface area contributed by atoms with Crippen LogP contribution in [0.3, 0.4) is 0 Å². The van der Waals surface area contributed by atoms with Crippen LogP contribution in [0.4, 0.5) is 14.5 Å². The van der Waals surface area contributed by atoms with Crippen LogP contribution in [-0.2, 0) is 0 Å². The molecule has 2 rings (SSSR count). The van der Waals surface area contributed by atoms with Crippen molar-refractivity contribution in [2.24, 2.45) is 5.41 Å². The van der Waals surface area contributed by atoms with E-state index in [4.69, 9.17) is 0 Å². The summed E-state index contributed by atoms with van der Waals surface area (Å²) in [6.07, 6.45) is 3.30. The van der Waals surface area contributed by atoms with Crippen molar-refractivity contribution in [3.63, 3.8) is 0 Å². The normalized spacial score (nSPS) is 22.8. The highest BCUT2D eigenvalue weighted by atomic mass is 79.9. The first-order valence-electron chi connectivity index (χ1n) is 5.81. The molecule has 17 heavy (non-hydrogen) atoms. The molecule has 94 valence electrons. The lowest BCUT2D eigenvalue weighted by atomic mass is 9.87. The SMILES string of the molecule is CC1(C)CCCC1Nc1c(F)cc(F)cc1Br. The zero-order chi connectivity index (χ0) is 12.6. The van der Waals surface area contributed by atoms with E-state index in [0.29, 0.717) is 10.2 Å². The lowest BCUT2D eigenvalue weighted by Gasteiger charge is -2.29. The summed E-state index contributed by atoms with van der Waals surface area (Å²) in [5.41, 5.74) is 0.520. The molecule has 0 aliphatic heterocycles. The quantitative estimate of drug-likeness (QED) is 0.834. The van der Waals surface area contributed by atoms with E-state index in [-0.39, 0.29) is 11.5 Å². The Bertz CT molecular complexity index is 408. The van der Waals surface area contributed by atoms with E-state index in [2.05, 4.69) is 35.1 Å². The Kier molecular flexibility index (Phi) is 3.43. The number of hydrogen-bond donors (Lipinski definition) is 1. The summed E-state index contributed by atoms with van der Waals surface area (Å²) in [5.74, 6) is -1.11. The minimum atomic E-state index is -0.564. The number of nitrogens with one attached hydrogen (secondary N) is 1. The number of halogens is 3. The minimum Gasteiger partial charge on any atom is -0.378 e. The summed E-state index contributed by atoms with van der Waals surface area (Å²) in [6, 6.07) is 2.43. The zero-order valence-corrected chi connectivity index (χ0v) is 11.6. The fraction of sp³-hybridized carbons (Fsp3) is 0.538. The van der Waals surface area contributed by atoms with Crippen molar-refractivity contribution in [2.45, 2.75) is 39.2 Å². The third-order valence-electron chi connectivity index (χ3n) is 3.58. The second-order valence-electron chi connectivity index (χ2n) is 5.32. The molecule has 1 aliphatic carbocycles. The summed E-state index contributed by atoms with van der Waals surface area (Å²) < 4.78 is 27.1. The van der Waals surface area contributed by atoms with Gasteiger partial charge in [0, 0.05) is 16.6 Å². The molecular formula is C13H16BrF2N. The molecule has 1 saturated carbocycles. The van der Waals surface area contributed by atoms with Crippen LogP contribution in [-0.4, -0.2) is 6.04 Å². The van der Waals surface area contributed by atoms with E-state index in [1.807, 2.05) is 0 Å². The molecule has 1 atom stereocenters. The third-order valence-corrected chi connectivity index (χ3v) is 4.21. The molecule has 0 aromatic heterocycles. The predicted molar refractivity (Wildman–Crippen MR) is 69.1 cm³/mol. The van der Waals surface area contributed by atoms with Crippen LogP contribution in [0.2, 0.25) is 0 Å². The summed E-state index contributed by atoms with van der Waals surface area (Å²) in [7, 11) is 0. The Labute approximate surface area is 109 Å². The average molecular weight is 304 g/mol. The maximum atomic E-state index is 13.7. The van der Waals surface area contributed by atoms with Crippen LogP contribution in [0, 0.1) is 17.0 Å². The highest BCUT2D eigenvalue weighted by molar-refractivity contribution is 9.10. The highest BCUT2D eigenvalue weighted by Gasteiger charge is 2.35. The fourth-order valence-corrected chi connectivity index (χ4v) is 2.97. The van der Waals surface area contributed by atoms with Crippen LogP contribution in [0.1, 0.15) is 33.1 Å². The molecule has 1 N–H and O–H groups in total. The molecule has 1 nitrogen and oxygen atoms in total. The van der Waals surface area contributed by atoms with Crippen LogP contribution < -0.4 is 5.32 Å². The number of hydrogen-bond acceptors (Lipinski definition) is 1. The Morgan fingerprint density at radius 2 is 2.06 bits per heavy atom. The fourth-order valence-electron chi connectivity index (χ4n) is 2.45. The van der Waals surface area contributed by atoms with Gasteiger partial charge >= 0.3 is 0 Å². The molecule has 1 aromatic rings. The summed E-state index contributed by atoms with van der Waals surface area (Å²) in [5, 5.41) is 3.21. The van der Waals surface area contributed by atoms with E-state index >= 15 is 0 Å². The largest absolute Gasteiger partial charge is 0.378 e. The Morgan fingerprint density at radius 1 is 1.35 bits per heavy atom. The van der Waals surface area contributed by atoms with Crippen molar-refractivity contribution in [3.8, 4) is 0 Å². The van der Waals surface area contributed by atoms with Gasteiger partial charge in [0.05, 0.1) is 5.69 Å². The van der Waals surface area contributed by atoms with E-state index in [0.717, 1.165) is 25.3 Å². The van der Waals surface area contributed by atoms with Crippen molar-refractivity contribution in [1.82, 2.24) is 0 Å². The molecule has 0 amide bonds. The van der Waals surface area contributed by atoms with Crippen LogP contribution in [0.15, 0.2) is 16.6 Å². The summed E-state index contributed by atoms with van der Waals surface area (Å²) >= 11 is 3.20. The van der Waals surface area contributed by atoms with Gasteiger partial charge in [0.2, 0.25) is 0 Å². The van der Waals surface area contributed by atoms with Crippen molar-refractivity contribution in [3.05, 3.63) is 28.2 Å². The van der Waals surface area contributed by atoms with E-state index in [1.54, 1.807) is 0 Å². The topological polar surface area (TPSA) is 12.0 Å². The predicted octanol–water partition coefficient (Wildman–Crippen LogP) is 4.72. The monoisotopic (exact) mass is 303 g/mol. The molecule has 0 heterocycles. The second kappa shape index (κ2) is 4.56. The van der Waals surface area contributed by atoms with E-state index in [9.17, 15) is 8.78 Å². The van der Waals surface area contributed by atoms with Crippen molar-refractivity contribution in [1.29, 1.82) is 0 Å². The van der Waals surface area contributed by atoms with Gasteiger partial charge in [-0.25, -0.2) is 8.78 Å². The van der Waals surface area contributed by atoms with Crippen LogP contribution >= 0.6 is 15.9 Å². The van der Waals surface area contributed by atoms with Gasteiger partial charge in [-0.05, 0) is 40.3 Å². The van der Waals surface area contributed by atoms with Gasteiger partial charge in [0.1, 0.15) is 11.6 Å². The highest BCUT2D eigenvalue weighted by Crippen LogP contribution is 2.40. The second-order valence-corrected chi connectivity index (χ2v) is 6.18. The van der Waals surface area contributed by atoms with Gasteiger partial charge in [-0.15, -0.1) is 0 Å². The Hall–Kier alpha value is -0.640.